The molecule has 4 nitrogen and oxygen atoms in total. The average molecular weight is 241 g/mol. The van der Waals surface area contributed by atoms with Crippen LogP contribution in [0.5, 0.6) is 0 Å². The third kappa shape index (κ3) is 2.96. The smallest absolute Gasteiger partial charge is 0.133 e. The monoisotopic (exact) mass is 241 g/mol. The van der Waals surface area contributed by atoms with Crippen molar-refractivity contribution >= 4 is 0 Å². The van der Waals surface area contributed by atoms with Crippen molar-refractivity contribution in [2.75, 3.05) is 0 Å². The van der Waals surface area contributed by atoms with E-state index >= 15 is 0 Å². The van der Waals surface area contributed by atoms with Crippen LogP contribution in [0.1, 0.15) is 35.5 Å². The Morgan fingerprint density at radius 2 is 2.28 bits per heavy atom. The van der Waals surface area contributed by atoms with Crippen molar-refractivity contribution in [3.8, 4) is 6.07 Å². The molecule has 0 bridgehead atoms. The molecule has 0 radical (unpaired) electrons. The predicted octanol–water partition coefficient (Wildman–Crippen LogP) is 2.71. The Morgan fingerprint density at radius 3 is 2.94 bits per heavy atom. The van der Waals surface area contributed by atoms with E-state index in [-0.39, 0.29) is 6.04 Å². The lowest BCUT2D eigenvalue weighted by Crippen LogP contribution is -2.18. The molecule has 1 unspecified atom stereocenters. The maximum Gasteiger partial charge on any atom is 0.133 e. The fourth-order valence-corrected chi connectivity index (χ4v) is 1.75. The fourth-order valence-electron chi connectivity index (χ4n) is 1.75. The van der Waals surface area contributed by atoms with Gasteiger partial charge in [0, 0.05) is 18.7 Å². The van der Waals surface area contributed by atoms with Crippen molar-refractivity contribution in [3.63, 3.8) is 0 Å². The van der Waals surface area contributed by atoms with E-state index in [2.05, 4.69) is 23.5 Å². The van der Waals surface area contributed by atoms with Gasteiger partial charge in [0.05, 0.1) is 17.3 Å². The molecule has 0 saturated heterocycles. The summed E-state index contributed by atoms with van der Waals surface area (Å²) in [6.07, 6.45) is 0. The lowest BCUT2D eigenvalue weighted by Gasteiger charge is -2.13. The van der Waals surface area contributed by atoms with E-state index in [0.29, 0.717) is 12.1 Å². The molecule has 1 atom stereocenters. The lowest BCUT2D eigenvalue weighted by molar-refractivity contribution is 0.386. The second-order valence-corrected chi connectivity index (χ2v) is 4.27. The summed E-state index contributed by atoms with van der Waals surface area (Å²) in [7, 11) is 0. The highest BCUT2D eigenvalue weighted by Gasteiger charge is 2.07. The van der Waals surface area contributed by atoms with E-state index < -0.39 is 0 Å². The van der Waals surface area contributed by atoms with Crippen LogP contribution in [0.2, 0.25) is 0 Å². The van der Waals surface area contributed by atoms with Crippen molar-refractivity contribution in [3.05, 3.63) is 52.9 Å². The van der Waals surface area contributed by atoms with Crippen molar-refractivity contribution in [1.29, 1.82) is 5.26 Å². The summed E-state index contributed by atoms with van der Waals surface area (Å²) >= 11 is 0. The van der Waals surface area contributed by atoms with Gasteiger partial charge in [0.15, 0.2) is 0 Å². The Kier molecular flexibility index (Phi) is 3.75. The number of aryl methyl sites for hydroxylation is 1. The number of rotatable bonds is 4. The molecule has 92 valence electrons. The summed E-state index contributed by atoms with van der Waals surface area (Å²) < 4.78 is 5.01. The van der Waals surface area contributed by atoms with Gasteiger partial charge < -0.3 is 9.84 Å². The van der Waals surface area contributed by atoms with Crippen LogP contribution >= 0.6 is 0 Å². The lowest BCUT2D eigenvalue weighted by atomic mass is 10.1. The molecular weight excluding hydrogens is 226 g/mol. The minimum absolute atomic E-state index is 0.162. The van der Waals surface area contributed by atoms with Crippen LogP contribution in [0.3, 0.4) is 0 Å². The molecule has 0 aliphatic carbocycles. The summed E-state index contributed by atoms with van der Waals surface area (Å²) in [5.74, 6) is 0.811. The second kappa shape index (κ2) is 5.48. The number of hydrogen-bond acceptors (Lipinski definition) is 4. The van der Waals surface area contributed by atoms with Gasteiger partial charge in [0.1, 0.15) is 5.76 Å². The zero-order valence-electron chi connectivity index (χ0n) is 10.5. The predicted molar refractivity (Wildman–Crippen MR) is 67.7 cm³/mol. The Hall–Kier alpha value is -2.12. The SMILES string of the molecule is Cc1cc(CNC(C)c2cccc(C#N)c2)no1. The molecular formula is C14H15N3O. The van der Waals surface area contributed by atoms with Crippen LogP contribution in [0.4, 0.5) is 0 Å². The second-order valence-electron chi connectivity index (χ2n) is 4.27. The number of benzene rings is 1. The van der Waals surface area contributed by atoms with E-state index in [9.17, 15) is 0 Å². The Bertz CT molecular complexity index is 568. The standard InChI is InChI=1S/C14H15N3O/c1-10-6-14(17-18-10)9-16-11(2)13-5-3-4-12(7-13)8-15/h3-7,11,16H,9H2,1-2H3. The first kappa shape index (κ1) is 12.3. The van der Waals surface area contributed by atoms with Gasteiger partial charge in [-0.3, -0.25) is 0 Å². The zero-order chi connectivity index (χ0) is 13.0. The van der Waals surface area contributed by atoms with Crippen LogP contribution in [0.15, 0.2) is 34.9 Å². The van der Waals surface area contributed by atoms with Crippen molar-refractivity contribution < 1.29 is 4.52 Å². The minimum atomic E-state index is 0.162. The van der Waals surface area contributed by atoms with Crippen molar-refractivity contribution in [2.24, 2.45) is 0 Å². The number of hydrogen-bond donors (Lipinski definition) is 1. The molecule has 0 aliphatic rings. The topological polar surface area (TPSA) is 61.9 Å². The molecule has 0 saturated carbocycles. The third-order valence-corrected chi connectivity index (χ3v) is 2.78. The van der Waals surface area contributed by atoms with Crippen LogP contribution in [-0.4, -0.2) is 5.16 Å². The molecule has 2 rings (SSSR count). The largest absolute Gasteiger partial charge is 0.361 e. The first-order valence-corrected chi connectivity index (χ1v) is 5.84. The summed E-state index contributed by atoms with van der Waals surface area (Å²) in [6, 6.07) is 11.8. The molecule has 0 spiro atoms. The first-order chi connectivity index (χ1) is 8.69. The minimum Gasteiger partial charge on any atom is -0.361 e. The fraction of sp³-hybridized carbons (Fsp3) is 0.286. The summed E-state index contributed by atoms with van der Waals surface area (Å²) in [4.78, 5) is 0. The molecule has 18 heavy (non-hydrogen) atoms. The van der Waals surface area contributed by atoms with E-state index in [4.69, 9.17) is 9.78 Å². The summed E-state index contributed by atoms with van der Waals surface area (Å²) in [6.45, 7) is 4.58. The summed E-state index contributed by atoms with van der Waals surface area (Å²) in [5, 5.41) is 16.1. The molecule has 1 heterocycles. The van der Waals surface area contributed by atoms with Gasteiger partial charge in [-0.25, -0.2) is 0 Å². The van der Waals surface area contributed by atoms with Gasteiger partial charge in [-0.1, -0.05) is 17.3 Å². The van der Waals surface area contributed by atoms with E-state index in [1.165, 1.54) is 0 Å². The number of nitrogens with zero attached hydrogens (tertiary/aromatic N) is 2. The van der Waals surface area contributed by atoms with Gasteiger partial charge >= 0.3 is 0 Å². The van der Waals surface area contributed by atoms with E-state index in [1.807, 2.05) is 31.2 Å². The molecule has 4 heteroatoms. The van der Waals surface area contributed by atoms with E-state index in [1.54, 1.807) is 6.07 Å². The van der Waals surface area contributed by atoms with Crippen LogP contribution in [-0.2, 0) is 6.54 Å². The number of aromatic nitrogens is 1. The third-order valence-electron chi connectivity index (χ3n) is 2.78. The Labute approximate surface area is 106 Å². The highest BCUT2D eigenvalue weighted by atomic mass is 16.5. The first-order valence-electron chi connectivity index (χ1n) is 5.84. The Balaban J connectivity index is 1.99. The molecule has 1 aromatic heterocycles. The quantitative estimate of drug-likeness (QED) is 0.894. The maximum absolute atomic E-state index is 8.86. The van der Waals surface area contributed by atoms with Gasteiger partial charge in [-0.05, 0) is 31.5 Å². The normalized spacial score (nSPS) is 12.1. The summed E-state index contributed by atoms with van der Waals surface area (Å²) in [5.41, 5.74) is 2.66. The Morgan fingerprint density at radius 1 is 1.44 bits per heavy atom. The highest BCUT2D eigenvalue weighted by Crippen LogP contribution is 2.14. The molecule has 1 N–H and O–H groups in total. The van der Waals surface area contributed by atoms with Gasteiger partial charge in [0.2, 0.25) is 0 Å². The molecule has 0 amide bonds. The van der Waals surface area contributed by atoms with E-state index in [0.717, 1.165) is 17.0 Å². The van der Waals surface area contributed by atoms with Crippen molar-refractivity contribution in [2.45, 2.75) is 26.4 Å². The maximum atomic E-state index is 8.86. The molecule has 0 fully saturated rings. The van der Waals surface area contributed by atoms with Crippen LogP contribution in [0.25, 0.3) is 0 Å². The molecule has 1 aromatic carbocycles. The van der Waals surface area contributed by atoms with Gasteiger partial charge in [-0.2, -0.15) is 5.26 Å². The van der Waals surface area contributed by atoms with Gasteiger partial charge in [0.25, 0.3) is 0 Å². The number of nitriles is 1. The van der Waals surface area contributed by atoms with Crippen molar-refractivity contribution in [1.82, 2.24) is 10.5 Å². The highest BCUT2D eigenvalue weighted by molar-refractivity contribution is 5.34. The average Bonchev–Trinajstić information content (AvgIpc) is 2.82. The molecule has 2 aromatic rings. The van der Waals surface area contributed by atoms with Crippen LogP contribution < -0.4 is 5.32 Å². The zero-order valence-corrected chi connectivity index (χ0v) is 10.5. The number of nitrogens with one attached hydrogen (secondary N) is 1. The molecule has 0 aliphatic heterocycles. The van der Waals surface area contributed by atoms with Gasteiger partial charge in [-0.15, -0.1) is 0 Å². The van der Waals surface area contributed by atoms with Crippen LogP contribution in [0, 0.1) is 18.3 Å².